The summed E-state index contributed by atoms with van der Waals surface area (Å²) in [6.45, 7) is 1.81. The van der Waals surface area contributed by atoms with Crippen LogP contribution in [0, 0.1) is 0 Å². The summed E-state index contributed by atoms with van der Waals surface area (Å²) in [6, 6.07) is 9.99. The van der Waals surface area contributed by atoms with Gasteiger partial charge in [-0.2, -0.15) is 21.6 Å². The number of carbonyl (C=O) groups excluding carboxylic acids is 1. The van der Waals surface area contributed by atoms with Crippen molar-refractivity contribution >= 4 is 16.1 Å². The second-order valence-corrected chi connectivity index (χ2v) is 6.97. The number of esters is 1. The molecule has 0 radical (unpaired) electrons. The molecule has 2 rings (SSSR count). The monoisotopic (exact) mass is 403 g/mol. The van der Waals surface area contributed by atoms with Crippen molar-refractivity contribution < 1.29 is 35.3 Å². The van der Waals surface area contributed by atoms with Crippen LogP contribution in [0.2, 0.25) is 0 Å². The zero-order valence-corrected chi connectivity index (χ0v) is 15.0. The predicted molar refractivity (Wildman–Crippen MR) is 89.4 cm³/mol. The third-order valence-corrected chi connectivity index (χ3v) is 4.29. The number of pyridine rings is 1. The largest absolute Gasteiger partial charge is 0.534 e. The Kier molecular flexibility index (Phi) is 6.42. The lowest BCUT2D eigenvalue weighted by Crippen LogP contribution is -2.28. The highest BCUT2D eigenvalue weighted by Crippen LogP contribution is 2.29. The number of ether oxygens (including phenoxy) is 1. The molecule has 0 spiro atoms. The van der Waals surface area contributed by atoms with Crippen LogP contribution in [0.25, 0.3) is 0 Å². The highest BCUT2D eigenvalue weighted by atomic mass is 32.2. The number of aromatic nitrogens is 1. The van der Waals surface area contributed by atoms with Crippen molar-refractivity contribution in [3.63, 3.8) is 0 Å². The Hall–Kier alpha value is -2.62. The van der Waals surface area contributed by atoms with Crippen LogP contribution >= 0.6 is 0 Å². The minimum atomic E-state index is -5.86. The maximum absolute atomic E-state index is 12.6. The Morgan fingerprint density at radius 1 is 1.15 bits per heavy atom. The van der Waals surface area contributed by atoms with Crippen LogP contribution in [0.15, 0.2) is 42.6 Å². The van der Waals surface area contributed by atoms with Gasteiger partial charge in [0.1, 0.15) is 0 Å². The highest BCUT2D eigenvalue weighted by Gasteiger charge is 2.49. The summed E-state index contributed by atoms with van der Waals surface area (Å²) in [5, 5.41) is 0. The summed E-state index contributed by atoms with van der Waals surface area (Å²) >= 11 is 0. The van der Waals surface area contributed by atoms with Crippen LogP contribution < -0.4 is 4.18 Å². The number of hydrogen-bond donors (Lipinski definition) is 0. The number of rotatable bonds is 7. The standard InChI is InChI=1S/C17H16F3NO5S/c1-2-25-15(22)10-13-9-14(8-12-6-4-3-5-7-12)16(21-11-13)26-27(23,24)17(18,19)20/h3-7,9,11H,2,8,10H2,1H3. The van der Waals surface area contributed by atoms with Gasteiger partial charge >= 0.3 is 21.6 Å². The fraction of sp³-hybridized carbons (Fsp3) is 0.294. The van der Waals surface area contributed by atoms with Gasteiger partial charge < -0.3 is 8.92 Å². The van der Waals surface area contributed by atoms with E-state index in [9.17, 15) is 26.4 Å². The van der Waals surface area contributed by atoms with Crippen molar-refractivity contribution in [2.24, 2.45) is 0 Å². The second-order valence-electron chi connectivity index (χ2n) is 5.44. The summed E-state index contributed by atoms with van der Waals surface area (Å²) in [7, 11) is -5.86. The van der Waals surface area contributed by atoms with E-state index in [0.29, 0.717) is 11.1 Å². The fourth-order valence-electron chi connectivity index (χ4n) is 2.19. The van der Waals surface area contributed by atoms with Gasteiger partial charge in [-0.05, 0) is 24.1 Å². The molecule has 2 aromatic rings. The zero-order valence-electron chi connectivity index (χ0n) is 14.2. The predicted octanol–water partition coefficient (Wildman–Crippen LogP) is 3.01. The summed E-state index contributed by atoms with van der Waals surface area (Å²) in [4.78, 5) is 15.3. The Morgan fingerprint density at radius 3 is 2.41 bits per heavy atom. The molecule has 0 aliphatic rings. The Labute approximate surface area is 154 Å². The van der Waals surface area contributed by atoms with E-state index in [0.717, 1.165) is 6.20 Å². The second kappa shape index (κ2) is 8.38. The Balaban J connectivity index is 2.38. The molecule has 0 bridgehead atoms. The Morgan fingerprint density at radius 2 is 1.81 bits per heavy atom. The van der Waals surface area contributed by atoms with Crippen LogP contribution in [0.5, 0.6) is 5.88 Å². The molecule has 0 saturated heterocycles. The molecule has 1 heterocycles. The van der Waals surface area contributed by atoms with Gasteiger partial charge in [0.05, 0.1) is 13.0 Å². The molecule has 0 aliphatic carbocycles. The molecule has 0 N–H and O–H groups in total. The van der Waals surface area contributed by atoms with Crippen molar-refractivity contribution in [3.05, 3.63) is 59.3 Å². The van der Waals surface area contributed by atoms with Crippen molar-refractivity contribution in [1.29, 1.82) is 0 Å². The van der Waals surface area contributed by atoms with Gasteiger partial charge in [0, 0.05) is 18.2 Å². The summed E-state index contributed by atoms with van der Waals surface area (Å²) in [5.74, 6) is -1.23. The molecule has 1 aromatic carbocycles. The third kappa shape index (κ3) is 5.68. The number of carbonyl (C=O) groups is 1. The number of hydrogen-bond acceptors (Lipinski definition) is 6. The molecule has 0 fully saturated rings. The number of nitrogens with zero attached hydrogens (tertiary/aromatic N) is 1. The molecule has 146 valence electrons. The maximum Gasteiger partial charge on any atom is 0.534 e. The van der Waals surface area contributed by atoms with Crippen molar-refractivity contribution in [1.82, 2.24) is 4.98 Å². The molecule has 0 aliphatic heterocycles. The van der Waals surface area contributed by atoms with Gasteiger partial charge in [-0.1, -0.05) is 30.3 Å². The first-order chi connectivity index (χ1) is 12.6. The smallest absolute Gasteiger partial charge is 0.466 e. The number of alkyl halides is 3. The molecular weight excluding hydrogens is 387 g/mol. The van der Waals surface area contributed by atoms with Crippen molar-refractivity contribution in [3.8, 4) is 5.88 Å². The van der Waals surface area contributed by atoms with E-state index in [2.05, 4.69) is 9.17 Å². The van der Waals surface area contributed by atoms with Crippen LogP contribution in [0.1, 0.15) is 23.6 Å². The molecule has 0 atom stereocenters. The summed E-state index contributed by atoms with van der Waals surface area (Å²) in [5.41, 5.74) is -4.43. The topological polar surface area (TPSA) is 82.6 Å². The highest BCUT2D eigenvalue weighted by molar-refractivity contribution is 7.87. The zero-order chi connectivity index (χ0) is 20.1. The lowest BCUT2D eigenvalue weighted by Gasteiger charge is -2.13. The van der Waals surface area contributed by atoms with E-state index in [-0.39, 0.29) is 25.0 Å². The molecule has 0 amide bonds. The molecule has 10 heteroatoms. The van der Waals surface area contributed by atoms with E-state index in [1.807, 2.05) is 0 Å². The molecule has 6 nitrogen and oxygen atoms in total. The SMILES string of the molecule is CCOC(=O)Cc1cnc(OS(=O)(=O)C(F)(F)F)c(Cc2ccccc2)c1. The first kappa shape index (κ1) is 20.7. The van der Waals surface area contributed by atoms with Gasteiger partial charge in [-0.25, -0.2) is 4.98 Å². The van der Waals surface area contributed by atoms with Gasteiger partial charge in [-0.15, -0.1) is 0 Å². The minimum Gasteiger partial charge on any atom is -0.466 e. The van der Waals surface area contributed by atoms with Gasteiger partial charge in [0.25, 0.3) is 0 Å². The average molecular weight is 403 g/mol. The van der Waals surface area contributed by atoms with Crippen molar-refractivity contribution in [2.75, 3.05) is 6.61 Å². The first-order valence-electron chi connectivity index (χ1n) is 7.80. The maximum atomic E-state index is 12.6. The minimum absolute atomic E-state index is 0.0627. The average Bonchev–Trinajstić information content (AvgIpc) is 2.57. The quantitative estimate of drug-likeness (QED) is 0.402. The van der Waals surface area contributed by atoms with Crippen LogP contribution in [0.3, 0.4) is 0 Å². The van der Waals surface area contributed by atoms with Gasteiger partial charge in [0.2, 0.25) is 5.88 Å². The van der Waals surface area contributed by atoms with E-state index < -0.39 is 27.5 Å². The van der Waals surface area contributed by atoms with E-state index in [1.54, 1.807) is 37.3 Å². The molecular formula is C17H16F3NO5S. The molecule has 27 heavy (non-hydrogen) atoms. The lowest BCUT2D eigenvalue weighted by molar-refractivity contribution is -0.142. The van der Waals surface area contributed by atoms with Crippen LogP contribution in [-0.4, -0.2) is 31.5 Å². The van der Waals surface area contributed by atoms with Crippen LogP contribution in [-0.2, 0) is 32.5 Å². The number of benzene rings is 1. The van der Waals surface area contributed by atoms with Crippen molar-refractivity contribution in [2.45, 2.75) is 25.3 Å². The van der Waals surface area contributed by atoms with E-state index in [1.165, 1.54) is 6.07 Å². The molecule has 0 saturated carbocycles. The van der Waals surface area contributed by atoms with E-state index in [4.69, 9.17) is 4.74 Å². The van der Waals surface area contributed by atoms with Gasteiger partial charge in [-0.3, -0.25) is 4.79 Å². The summed E-state index contributed by atoms with van der Waals surface area (Å²) < 4.78 is 69.5. The number of halogens is 3. The van der Waals surface area contributed by atoms with Gasteiger partial charge in [0.15, 0.2) is 0 Å². The first-order valence-corrected chi connectivity index (χ1v) is 9.21. The van der Waals surface area contributed by atoms with Crippen LogP contribution in [0.4, 0.5) is 13.2 Å². The molecule has 1 aromatic heterocycles. The Bertz CT molecular complexity index is 899. The fourth-order valence-corrected chi connectivity index (χ4v) is 2.64. The summed E-state index contributed by atoms with van der Waals surface area (Å²) in [6.07, 6.45) is 0.981. The molecule has 0 unspecified atom stereocenters. The third-order valence-electron chi connectivity index (χ3n) is 3.35. The van der Waals surface area contributed by atoms with E-state index >= 15 is 0 Å². The lowest BCUT2D eigenvalue weighted by atomic mass is 10.0. The normalized spacial score (nSPS) is 11.9.